The minimum Gasteiger partial charge on any atom is -0.496 e. The molecule has 2 aromatic rings. The third kappa shape index (κ3) is 5.16. The number of hydrogen-bond acceptors (Lipinski definition) is 8. The van der Waals surface area contributed by atoms with Crippen LogP contribution in [0.2, 0.25) is 0 Å². The Morgan fingerprint density at radius 1 is 0.963 bits per heavy atom. The third-order valence-corrected chi connectivity index (χ3v) is 5.59. The number of anilines is 1. The zero-order chi connectivity index (χ0) is 20.0. The lowest BCUT2D eigenvalue weighted by Gasteiger charge is -2.15. The average molecular weight is 396 g/mol. The fourth-order valence-electron chi connectivity index (χ4n) is 2.67. The fourth-order valence-corrected chi connectivity index (χ4v) is 4.00. The van der Waals surface area contributed by atoms with Gasteiger partial charge in [-0.1, -0.05) is 0 Å². The minimum atomic E-state index is -3.41. The number of benzene rings is 1. The van der Waals surface area contributed by atoms with Crippen molar-refractivity contribution in [3.8, 4) is 23.1 Å². The van der Waals surface area contributed by atoms with Crippen LogP contribution in [0.3, 0.4) is 0 Å². The number of rotatable bonds is 9. The van der Waals surface area contributed by atoms with Crippen LogP contribution in [0, 0.1) is 0 Å². The molecule has 27 heavy (non-hydrogen) atoms. The molecule has 0 spiro atoms. The first-order chi connectivity index (χ1) is 12.8. The average Bonchev–Trinajstić information content (AvgIpc) is 2.65. The maximum absolute atomic E-state index is 12.6. The summed E-state index contributed by atoms with van der Waals surface area (Å²) < 4.78 is 46.0. The molecule has 2 N–H and O–H groups in total. The van der Waals surface area contributed by atoms with E-state index in [1.165, 1.54) is 34.6 Å². The van der Waals surface area contributed by atoms with E-state index in [9.17, 15) is 8.42 Å². The van der Waals surface area contributed by atoms with Gasteiger partial charge in [0.1, 0.15) is 17.2 Å². The summed E-state index contributed by atoms with van der Waals surface area (Å²) in [6, 6.07) is 4.94. The van der Waals surface area contributed by atoms with Crippen LogP contribution in [-0.4, -0.2) is 47.6 Å². The van der Waals surface area contributed by atoms with Gasteiger partial charge in [-0.2, -0.15) is 0 Å². The van der Waals surface area contributed by atoms with Crippen LogP contribution in [-0.2, 0) is 22.0 Å². The molecule has 1 aromatic carbocycles. The summed E-state index contributed by atoms with van der Waals surface area (Å²) in [5, 5.41) is 0. The quantitative estimate of drug-likeness (QED) is 0.684. The number of pyridine rings is 1. The zero-order valence-electron chi connectivity index (χ0n) is 15.8. The second-order valence-electron chi connectivity index (χ2n) is 5.79. The number of nitrogen functional groups attached to an aromatic ring is 1. The summed E-state index contributed by atoms with van der Waals surface area (Å²) in [7, 11) is 2.59. The summed E-state index contributed by atoms with van der Waals surface area (Å²) in [5.74, 6) is 1.60. The summed E-state index contributed by atoms with van der Waals surface area (Å²) in [6.45, 7) is 0. The number of nitrogens with two attached hydrogens (primary N) is 1. The van der Waals surface area contributed by atoms with E-state index in [-0.39, 0.29) is 23.8 Å². The first-order valence-electron chi connectivity index (χ1n) is 8.11. The van der Waals surface area contributed by atoms with Crippen molar-refractivity contribution in [2.45, 2.75) is 12.2 Å². The van der Waals surface area contributed by atoms with E-state index < -0.39 is 9.84 Å². The second-order valence-corrected chi connectivity index (χ2v) is 7.98. The van der Waals surface area contributed by atoms with Gasteiger partial charge in [-0.05, 0) is 18.1 Å². The summed E-state index contributed by atoms with van der Waals surface area (Å²) >= 11 is 0. The fraction of sp³-hybridized carbons (Fsp3) is 0.389. The van der Waals surface area contributed by atoms with Gasteiger partial charge < -0.3 is 24.7 Å². The van der Waals surface area contributed by atoms with Gasteiger partial charge >= 0.3 is 0 Å². The number of hydrogen-bond donors (Lipinski definition) is 1. The molecule has 0 saturated heterocycles. The number of sulfone groups is 1. The molecular formula is C18H24N2O6S. The van der Waals surface area contributed by atoms with Crippen molar-refractivity contribution in [2.75, 3.05) is 39.9 Å². The molecule has 0 aliphatic heterocycles. The lowest BCUT2D eigenvalue weighted by atomic mass is 10.1. The van der Waals surface area contributed by atoms with E-state index in [4.69, 9.17) is 24.7 Å². The van der Waals surface area contributed by atoms with Gasteiger partial charge in [-0.15, -0.1) is 0 Å². The monoisotopic (exact) mass is 396 g/mol. The van der Waals surface area contributed by atoms with Crippen molar-refractivity contribution in [3.05, 3.63) is 35.5 Å². The number of aromatic nitrogens is 1. The standard InChI is InChI=1S/C18H24N2O6S/c1-23-13-8-16(24-2)14(17(9-13)25-3)5-6-27(21,22)11-12-7-15(19)18(26-4)20-10-12/h7-10H,5-6,11,19H2,1-4H3. The lowest BCUT2D eigenvalue weighted by molar-refractivity contribution is 0.369. The van der Waals surface area contributed by atoms with Gasteiger partial charge in [0, 0.05) is 23.9 Å². The van der Waals surface area contributed by atoms with Gasteiger partial charge in [0.2, 0.25) is 5.88 Å². The Bertz CT molecular complexity index is 874. The topological polar surface area (TPSA) is 110 Å². The van der Waals surface area contributed by atoms with Crippen LogP contribution in [0.5, 0.6) is 23.1 Å². The number of nitrogens with zero attached hydrogens (tertiary/aromatic N) is 1. The lowest BCUT2D eigenvalue weighted by Crippen LogP contribution is -2.13. The molecular weight excluding hydrogens is 372 g/mol. The Morgan fingerprint density at radius 2 is 1.59 bits per heavy atom. The summed E-state index contributed by atoms with van der Waals surface area (Å²) in [6.07, 6.45) is 1.68. The highest BCUT2D eigenvalue weighted by atomic mass is 32.2. The molecule has 148 valence electrons. The van der Waals surface area contributed by atoms with E-state index in [1.54, 1.807) is 18.2 Å². The predicted molar refractivity (Wildman–Crippen MR) is 102 cm³/mol. The molecule has 0 atom stereocenters. The highest BCUT2D eigenvalue weighted by Crippen LogP contribution is 2.34. The molecule has 9 heteroatoms. The Hall–Kier alpha value is -2.68. The molecule has 1 aromatic heterocycles. The van der Waals surface area contributed by atoms with Gasteiger partial charge in [0.25, 0.3) is 0 Å². The third-order valence-electron chi connectivity index (χ3n) is 4.00. The van der Waals surface area contributed by atoms with Gasteiger partial charge in [0.05, 0.1) is 45.6 Å². The maximum Gasteiger partial charge on any atom is 0.236 e. The molecule has 2 rings (SSSR count). The largest absolute Gasteiger partial charge is 0.496 e. The van der Waals surface area contributed by atoms with Crippen molar-refractivity contribution in [2.24, 2.45) is 0 Å². The van der Waals surface area contributed by atoms with Crippen LogP contribution in [0.15, 0.2) is 24.4 Å². The minimum absolute atomic E-state index is 0.0853. The number of ether oxygens (including phenoxy) is 4. The van der Waals surface area contributed by atoms with Crippen LogP contribution in [0.25, 0.3) is 0 Å². The predicted octanol–water partition coefficient (Wildman–Crippen LogP) is 1.86. The molecule has 0 radical (unpaired) electrons. The van der Waals surface area contributed by atoms with Crippen molar-refractivity contribution >= 4 is 15.5 Å². The molecule has 0 bridgehead atoms. The number of methoxy groups -OCH3 is 4. The van der Waals surface area contributed by atoms with E-state index in [1.807, 2.05) is 0 Å². The van der Waals surface area contributed by atoms with Crippen molar-refractivity contribution in [1.29, 1.82) is 0 Å². The van der Waals surface area contributed by atoms with E-state index in [0.717, 1.165) is 0 Å². The molecule has 0 unspecified atom stereocenters. The van der Waals surface area contributed by atoms with E-state index >= 15 is 0 Å². The molecule has 1 heterocycles. The summed E-state index contributed by atoms with van der Waals surface area (Å²) in [5.41, 5.74) is 7.25. The van der Waals surface area contributed by atoms with Gasteiger partial charge in [-0.3, -0.25) is 0 Å². The summed E-state index contributed by atoms with van der Waals surface area (Å²) in [4.78, 5) is 4.01. The van der Waals surface area contributed by atoms with Gasteiger partial charge in [0.15, 0.2) is 9.84 Å². The highest BCUT2D eigenvalue weighted by Gasteiger charge is 2.19. The normalized spacial score (nSPS) is 11.1. The SMILES string of the molecule is COc1cc(OC)c(CCS(=O)(=O)Cc2cnc(OC)c(N)c2)c(OC)c1. The molecule has 0 amide bonds. The molecule has 0 saturated carbocycles. The molecule has 0 aliphatic carbocycles. The van der Waals surface area contributed by atoms with Crippen LogP contribution in [0.1, 0.15) is 11.1 Å². The highest BCUT2D eigenvalue weighted by molar-refractivity contribution is 7.90. The van der Waals surface area contributed by atoms with E-state index in [2.05, 4.69) is 4.98 Å². The Kier molecular flexibility index (Phi) is 6.73. The first-order valence-corrected chi connectivity index (χ1v) is 9.93. The van der Waals surface area contributed by atoms with Gasteiger partial charge in [-0.25, -0.2) is 13.4 Å². The van der Waals surface area contributed by atoms with E-state index in [0.29, 0.717) is 34.1 Å². The van der Waals surface area contributed by atoms with Crippen molar-refractivity contribution < 1.29 is 27.4 Å². The molecule has 8 nitrogen and oxygen atoms in total. The molecule has 0 fully saturated rings. The maximum atomic E-state index is 12.6. The first kappa shape index (κ1) is 20.6. The molecule has 0 aliphatic rings. The smallest absolute Gasteiger partial charge is 0.236 e. The Balaban J connectivity index is 2.18. The zero-order valence-corrected chi connectivity index (χ0v) is 16.6. The second kappa shape index (κ2) is 8.81. The van der Waals surface area contributed by atoms with Crippen molar-refractivity contribution in [1.82, 2.24) is 4.98 Å². The Morgan fingerprint density at radius 3 is 2.07 bits per heavy atom. The van der Waals surface area contributed by atoms with Crippen LogP contribution < -0.4 is 24.7 Å². The van der Waals surface area contributed by atoms with Crippen LogP contribution in [0.4, 0.5) is 5.69 Å². The Labute approximate surface area is 159 Å². The van der Waals surface area contributed by atoms with Crippen LogP contribution >= 0.6 is 0 Å². The van der Waals surface area contributed by atoms with Crippen molar-refractivity contribution in [3.63, 3.8) is 0 Å².